The fraction of sp³-hybridized carbons (Fsp3) is 1.00. The summed E-state index contributed by atoms with van der Waals surface area (Å²) in [6.07, 6.45) is 8.74. The van der Waals surface area contributed by atoms with Crippen molar-refractivity contribution in [3.63, 3.8) is 0 Å². The van der Waals surface area contributed by atoms with Crippen molar-refractivity contribution in [2.75, 3.05) is 39.3 Å². The van der Waals surface area contributed by atoms with Crippen molar-refractivity contribution in [2.45, 2.75) is 97.7 Å². The van der Waals surface area contributed by atoms with Crippen LogP contribution in [0.3, 0.4) is 0 Å². The van der Waals surface area contributed by atoms with Crippen LogP contribution in [-0.4, -0.2) is 71.6 Å². The summed E-state index contributed by atoms with van der Waals surface area (Å²) in [6.45, 7) is 22.4. The molecule has 0 bridgehead atoms. The van der Waals surface area contributed by atoms with Crippen LogP contribution in [0.25, 0.3) is 0 Å². The van der Waals surface area contributed by atoms with Gasteiger partial charge in [0.15, 0.2) is 0 Å². The van der Waals surface area contributed by atoms with Gasteiger partial charge in [-0.15, -0.1) is 0 Å². The minimum Gasteiger partial charge on any atom is -0.298 e. The molecule has 0 N–H and O–H groups in total. The Bertz CT molecular complexity index is 507. The van der Waals surface area contributed by atoms with Gasteiger partial charge < -0.3 is 0 Å². The summed E-state index contributed by atoms with van der Waals surface area (Å²) in [7, 11) is 0. The molecule has 27 heavy (non-hydrogen) atoms. The summed E-state index contributed by atoms with van der Waals surface area (Å²) < 4.78 is 0. The highest BCUT2D eigenvalue weighted by Gasteiger charge is 2.50. The monoisotopic (exact) mass is 375 g/mol. The molecule has 1 aliphatic carbocycles. The standard InChI is InChI=1S/C24H45N3/c1-22(2,3)19-14-24(15-19)9-12-25(13-10-24)21-16-26(17-21)20-8-7-11-27(18-20)23(4,5)6/h19-21H,7-18H2,1-6H3. The fourth-order valence-corrected chi connectivity index (χ4v) is 6.25. The lowest BCUT2D eigenvalue weighted by molar-refractivity contribution is -0.0877. The van der Waals surface area contributed by atoms with Crippen LogP contribution in [0.2, 0.25) is 0 Å². The molecule has 3 heterocycles. The topological polar surface area (TPSA) is 9.72 Å². The maximum absolute atomic E-state index is 2.84. The zero-order valence-electron chi connectivity index (χ0n) is 19.1. The fourth-order valence-electron chi connectivity index (χ4n) is 6.25. The molecule has 1 spiro atoms. The van der Waals surface area contributed by atoms with Gasteiger partial charge in [-0.1, -0.05) is 20.8 Å². The number of rotatable bonds is 2. The van der Waals surface area contributed by atoms with Crippen molar-refractivity contribution in [1.29, 1.82) is 0 Å². The second-order valence-electron chi connectivity index (χ2n) is 12.5. The SMILES string of the molecule is CC(C)(C)C1CC2(CCN(C3CN(C4CCCN(C(C)(C)C)C4)C3)CC2)C1. The summed E-state index contributed by atoms with van der Waals surface area (Å²) in [5.41, 5.74) is 1.59. The van der Waals surface area contributed by atoms with E-state index in [0.29, 0.717) is 11.0 Å². The first kappa shape index (κ1) is 20.2. The van der Waals surface area contributed by atoms with E-state index in [1.807, 2.05) is 0 Å². The summed E-state index contributed by atoms with van der Waals surface area (Å²) >= 11 is 0. The largest absolute Gasteiger partial charge is 0.298 e. The van der Waals surface area contributed by atoms with E-state index in [9.17, 15) is 0 Å². The molecule has 4 rings (SSSR count). The number of nitrogens with zero attached hydrogens (tertiary/aromatic N) is 3. The van der Waals surface area contributed by atoms with E-state index in [1.165, 1.54) is 77.8 Å². The lowest BCUT2D eigenvalue weighted by Crippen LogP contribution is -2.66. The van der Waals surface area contributed by atoms with E-state index in [-0.39, 0.29) is 0 Å². The van der Waals surface area contributed by atoms with E-state index in [4.69, 9.17) is 0 Å². The zero-order chi connectivity index (χ0) is 19.4. The number of hydrogen-bond donors (Lipinski definition) is 0. The highest BCUT2D eigenvalue weighted by molar-refractivity contribution is 5.03. The minimum atomic E-state index is 0.331. The smallest absolute Gasteiger partial charge is 0.0350 e. The average Bonchev–Trinajstić information content (AvgIpc) is 2.50. The van der Waals surface area contributed by atoms with Crippen molar-refractivity contribution in [3.05, 3.63) is 0 Å². The van der Waals surface area contributed by atoms with Gasteiger partial charge in [-0.2, -0.15) is 0 Å². The molecule has 3 heteroatoms. The molecule has 0 radical (unpaired) electrons. The number of likely N-dealkylation sites (tertiary alicyclic amines) is 3. The summed E-state index contributed by atoms with van der Waals surface area (Å²) in [5.74, 6) is 0.973. The molecule has 156 valence electrons. The second-order valence-corrected chi connectivity index (χ2v) is 12.5. The van der Waals surface area contributed by atoms with Crippen LogP contribution in [-0.2, 0) is 0 Å². The van der Waals surface area contributed by atoms with Crippen LogP contribution in [0.4, 0.5) is 0 Å². The van der Waals surface area contributed by atoms with Gasteiger partial charge in [0, 0.05) is 37.3 Å². The van der Waals surface area contributed by atoms with Gasteiger partial charge in [0.05, 0.1) is 0 Å². The third kappa shape index (κ3) is 4.12. The predicted octanol–water partition coefficient (Wildman–Crippen LogP) is 4.47. The van der Waals surface area contributed by atoms with E-state index >= 15 is 0 Å². The average molecular weight is 376 g/mol. The highest BCUT2D eigenvalue weighted by atomic mass is 15.4. The predicted molar refractivity (Wildman–Crippen MR) is 115 cm³/mol. The highest BCUT2D eigenvalue weighted by Crippen LogP contribution is 2.58. The van der Waals surface area contributed by atoms with Crippen molar-refractivity contribution in [2.24, 2.45) is 16.7 Å². The number of piperidine rings is 2. The second kappa shape index (κ2) is 6.99. The summed E-state index contributed by atoms with van der Waals surface area (Å²) in [4.78, 5) is 8.35. The Morgan fingerprint density at radius 3 is 1.93 bits per heavy atom. The van der Waals surface area contributed by atoms with Gasteiger partial charge in [-0.3, -0.25) is 14.7 Å². The van der Waals surface area contributed by atoms with Gasteiger partial charge in [-0.25, -0.2) is 0 Å². The Kier molecular flexibility index (Phi) is 5.22. The molecule has 3 saturated heterocycles. The van der Waals surface area contributed by atoms with Gasteiger partial charge in [0.1, 0.15) is 0 Å². The van der Waals surface area contributed by atoms with Crippen LogP contribution in [0.5, 0.6) is 0 Å². The van der Waals surface area contributed by atoms with Crippen molar-refractivity contribution >= 4 is 0 Å². The Morgan fingerprint density at radius 2 is 1.37 bits per heavy atom. The summed E-state index contributed by atoms with van der Waals surface area (Å²) in [6, 6.07) is 1.66. The van der Waals surface area contributed by atoms with Crippen molar-refractivity contribution in [1.82, 2.24) is 14.7 Å². The molecule has 0 aromatic carbocycles. The third-order valence-corrected chi connectivity index (χ3v) is 8.71. The van der Waals surface area contributed by atoms with Gasteiger partial charge in [-0.05, 0) is 95.7 Å². The van der Waals surface area contributed by atoms with Gasteiger partial charge >= 0.3 is 0 Å². The Morgan fingerprint density at radius 1 is 0.741 bits per heavy atom. The lowest BCUT2D eigenvalue weighted by Gasteiger charge is -2.59. The Labute approximate surface area is 168 Å². The molecule has 0 aromatic heterocycles. The normalized spacial score (nSPS) is 32.4. The summed E-state index contributed by atoms with van der Waals surface area (Å²) in [5, 5.41) is 0. The van der Waals surface area contributed by atoms with Crippen LogP contribution in [0.1, 0.15) is 80.1 Å². The molecule has 1 atom stereocenters. The van der Waals surface area contributed by atoms with Crippen molar-refractivity contribution < 1.29 is 0 Å². The third-order valence-electron chi connectivity index (χ3n) is 8.71. The molecule has 4 fully saturated rings. The lowest BCUT2D eigenvalue weighted by atomic mass is 9.51. The first-order valence-corrected chi connectivity index (χ1v) is 11.8. The molecule has 0 aromatic rings. The zero-order valence-corrected chi connectivity index (χ0v) is 19.1. The minimum absolute atomic E-state index is 0.331. The van der Waals surface area contributed by atoms with E-state index < -0.39 is 0 Å². The Balaban J connectivity index is 1.20. The molecule has 0 amide bonds. The van der Waals surface area contributed by atoms with Crippen LogP contribution < -0.4 is 0 Å². The quantitative estimate of drug-likeness (QED) is 0.705. The molecule has 3 aliphatic heterocycles. The molecule has 4 aliphatic rings. The Hall–Kier alpha value is -0.120. The first-order chi connectivity index (χ1) is 12.6. The van der Waals surface area contributed by atoms with Crippen LogP contribution in [0.15, 0.2) is 0 Å². The maximum atomic E-state index is 2.84. The van der Waals surface area contributed by atoms with Crippen LogP contribution in [0, 0.1) is 16.7 Å². The number of hydrogen-bond acceptors (Lipinski definition) is 3. The van der Waals surface area contributed by atoms with Gasteiger partial charge in [0.2, 0.25) is 0 Å². The molecular weight excluding hydrogens is 330 g/mol. The molecular formula is C24H45N3. The van der Waals surface area contributed by atoms with Crippen LogP contribution >= 0.6 is 0 Å². The van der Waals surface area contributed by atoms with Gasteiger partial charge in [0.25, 0.3) is 0 Å². The molecule has 3 nitrogen and oxygen atoms in total. The molecule has 1 unspecified atom stereocenters. The van der Waals surface area contributed by atoms with E-state index in [0.717, 1.165) is 23.4 Å². The van der Waals surface area contributed by atoms with E-state index in [1.54, 1.807) is 0 Å². The maximum Gasteiger partial charge on any atom is 0.0350 e. The molecule has 1 saturated carbocycles. The van der Waals surface area contributed by atoms with E-state index in [2.05, 4.69) is 56.2 Å². The van der Waals surface area contributed by atoms with Crippen molar-refractivity contribution in [3.8, 4) is 0 Å². The first-order valence-electron chi connectivity index (χ1n) is 11.8.